The van der Waals surface area contributed by atoms with Crippen LogP contribution in [0.5, 0.6) is 0 Å². The van der Waals surface area contributed by atoms with Gasteiger partial charge in [-0.3, -0.25) is 4.98 Å². The minimum atomic E-state index is -0.920. The maximum atomic E-state index is 11.7. The second-order valence-electron chi connectivity index (χ2n) is 9.14. The lowest BCUT2D eigenvalue weighted by atomic mass is 9.70. The van der Waals surface area contributed by atoms with Crippen LogP contribution in [0.15, 0.2) is 53.7 Å². The van der Waals surface area contributed by atoms with Gasteiger partial charge in [0.05, 0.1) is 0 Å². The van der Waals surface area contributed by atoms with E-state index >= 15 is 0 Å². The molecule has 1 heterocycles. The minimum Gasteiger partial charge on any atom is -0.384 e. The number of hydrogen-bond acceptors (Lipinski definition) is 3. The van der Waals surface area contributed by atoms with Crippen LogP contribution < -0.4 is 0 Å². The molecule has 0 fully saturated rings. The van der Waals surface area contributed by atoms with Crippen LogP contribution >= 0.6 is 11.8 Å². The topological polar surface area (TPSA) is 33.1 Å². The summed E-state index contributed by atoms with van der Waals surface area (Å²) in [5.41, 5.74) is 1.17. The molecule has 0 aliphatic heterocycles. The number of nitrogens with zero attached hydrogens (tertiary/aromatic N) is 1. The summed E-state index contributed by atoms with van der Waals surface area (Å²) in [5.74, 6) is 0.622. The smallest absolute Gasteiger partial charge is 0.105 e. The average molecular weight is 428 g/mol. The van der Waals surface area contributed by atoms with E-state index in [2.05, 4.69) is 56.9 Å². The maximum absolute atomic E-state index is 11.7. The Kier molecular flexibility index (Phi) is 10.4. The van der Waals surface area contributed by atoms with Crippen LogP contribution in [0.2, 0.25) is 0 Å². The fourth-order valence-electron chi connectivity index (χ4n) is 3.80. The van der Waals surface area contributed by atoms with Gasteiger partial charge in [-0.15, -0.1) is 11.8 Å². The molecule has 0 saturated carbocycles. The van der Waals surface area contributed by atoms with Crippen molar-refractivity contribution < 1.29 is 5.11 Å². The maximum Gasteiger partial charge on any atom is 0.105 e. The molecule has 0 saturated heterocycles. The van der Waals surface area contributed by atoms with Crippen LogP contribution in [0.1, 0.15) is 90.2 Å². The first kappa shape index (κ1) is 24.9. The van der Waals surface area contributed by atoms with E-state index in [1.807, 2.05) is 18.3 Å². The normalized spacial score (nSPS) is 13.9. The van der Waals surface area contributed by atoms with Crippen molar-refractivity contribution >= 4 is 11.8 Å². The lowest BCUT2D eigenvalue weighted by molar-refractivity contribution is -0.0550. The molecule has 0 aliphatic rings. The van der Waals surface area contributed by atoms with Crippen molar-refractivity contribution in [2.45, 2.75) is 96.0 Å². The van der Waals surface area contributed by atoms with Crippen molar-refractivity contribution in [2.75, 3.05) is 5.75 Å². The Bertz CT molecular complexity index is 713. The van der Waals surface area contributed by atoms with Gasteiger partial charge in [0.15, 0.2) is 0 Å². The number of thioether (sulfide) groups is 1. The lowest BCUT2D eigenvalue weighted by Crippen LogP contribution is -2.44. The monoisotopic (exact) mass is 427 g/mol. The van der Waals surface area contributed by atoms with Gasteiger partial charge in [-0.1, -0.05) is 84.4 Å². The highest BCUT2D eigenvalue weighted by Crippen LogP contribution is 2.45. The number of pyridine rings is 1. The second-order valence-corrected chi connectivity index (χ2v) is 10.2. The van der Waals surface area contributed by atoms with Gasteiger partial charge in [-0.25, -0.2) is 0 Å². The summed E-state index contributed by atoms with van der Waals surface area (Å²) < 4.78 is 0. The van der Waals surface area contributed by atoms with Crippen molar-refractivity contribution in [1.82, 2.24) is 4.98 Å². The van der Waals surface area contributed by atoms with E-state index in [-0.39, 0.29) is 5.41 Å². The summed E-state index contributed by atoms with van der Waals surface area (Å²) >= 11 is 1.73. The van der Waals surface area contributed by atoms with Gasteiger partial charge in [0, 0.05) is 28.6 Å². The van der Waals surface area contributed by atoms with E-state index in [9.17, 15) is 5.11 Å². The molecular weight excluding hydrogens is 386 g/mol. The molecule has 1 atom stereocenters. The SMILES string of the molecule is CCCCCCCCCc1ccc(SCC(O)(c2cccnc2)C(C)(C)CC)cc1. The lowest BCUT2D eigenvalue weighted by Gasteiger charge is -2.42. The van der Waals surface area contributed by atoms with Crippen molar-refractivity contribution in [2.24, 2.45) is 5.41 Å². The summed E-state index contributed by atoms with van der Waals surface area (Å²) in [7, 11) is 0. The molecule has 166 valence electrons. The highest BCUT2D eigenvalue weighted by atomic mass is 32.2. The minimum absolute atomic E-state index is 0.236. The number of unbranched alkanes of at least 4 members (excludes halogenated alkanes) is 6. The Morgan fingerprint density at radius 2 is 1.57 bits per heavy atom. The predicted octanol–water partition coefficient (Wildman–Crippen LogP) is 7.79. The Hall–Kier alpha value is -1.32. The quantitative estimate of drug-likeness (QED) is 0.247. The molecule has 0 radical (unpaired) electrons. The highest BCUT2D eigenvalue weighted by molar-refractivity contribution is 7.99. The standard InChI is InChI=1S/C27H41NOS/c1-5-7-8-9-10-11-12-14-23-16-18-25(19-17-23)30-22-27(29,26(3,4)6-2)24-15-13-20-28-21-24/h13,15-21,29H,5-12,14,22H2,1-4H3. The number of rotatable bonds is 14. The molecule has 0 amide bonds. The molecule has 2 aromatic rings. The fraction of sp³-hybridized carbons (Fsp3) is 0.593. The first-order valence-electron chi connectivity index (χ1n) is 11.8. The van der Waals surface area contributed by atoms with Gasteiger partial charge in [0.25, 0.3) is 0 Å². The second kappa shape index (κ2) is 12.5. The fourth-order valence-corrected chi connectivity index (χ4v) is 5.06. The Morgan fingerprint density at radius 3 is 2.17 bits per heavy atom. The van der Waals surface area contributed by atoms with Crippen molar-refractivity contribution in [3.05, 3.63) is 59.9 Å². The molecule has 2 nitrogen and oxygen atoms in total. The molecule has 0 bridgehead atoms. The number of hydrogen-bond donors (Lipinski definition) is 1. The van der Waals surface area contributed by atoms with Gasteiger partial charge in [-0.05, 0) is 48.4 Å². The largest absolute Gasteiger partial charge is 0.384 e. The van der Waals surface area contributed by atoms with Gasteiger partial charge < -0.3 is 5.11 Å². The zero-order valence-corrected chi connectivity index (χ0v) is 20.3. The number of aliphatic hydroxyl groups is 1. The molecule has 1 N–H and O–H groups in total. The molecule has 3 heteroatoms. The van der Waals surface area contributed by atoms with Crippen molar-refractivity contribution in [3.8, 4) is 0 Å². The third-order valence-corrected chi connectivity index (χ3v) is 7.75. The first-order chi connectivity index (χ1) is 14.4. The summed E-state index contributed by atoms with van der Waals surface area (Å²) in [5, 5.41) is 11.7. The van der Waals surface area contributed by atoms with Gasteiger partial charge in [0.2, 0.25) is 0 Å². The van der Waals surface area contributed by atoms with Crippen LogP contribution in [0.4, 0.5) is 0 Å². The Morgan fingerprint density at radius 1 is 0.900 bits per heavy atom. The molecule has 1 aromatic heterocycles. The summed E-state index contributed by atoms with van der Waals surface area (Å²) in [4.78, 5) is 5.47. The third-order valence-electron chi connectivity index (χ3n) is 6.58. The molecule has 0 spiro atoms. The van der Waals surface area contributed by atoms with Crippen LogP contribution in [-0.4, -0.2) is 15.8 Å². The summed E-state index contributed by atoms with van der Waals surface area (Å²) in [6.45, 7) is 8.70. The molecule has 2 rings (SSSR count). The zero-order chi connectivity index (χ0) is 21.9. The average Bonchev–Trinajstić information content (AvgIpc) is 2.78. The van der Waals surface area contributed by atoms with Crippen LogP contribution in [0.3, 0.4) is 0 Å². The number of aromatic nitrogens is 1. The Balaban J connectivity index is 1.89. The molecule has 0 aliphatic carbocycles. The Labute approximate surface area is 188 Å². The third kappa shape index (κ3) is 7.13. The van der Waals surface area contributed by atoms with E-state index in [0.717, 1.165) is 12.0 Å². The van der Waals surface area contributed by atoms with E-state index in [4.69, 9.17) is 0 Å². The van der Waals surface area contributed by atoms with Gasteiger partial charge in [0.1, 0.15) is 5.60 Å². The van der Waals surface area contributed by atoms with Crippen molar-refractivity contribution in [3.63, 3.8) is 0 Å². The highest BCUT2D eigenvalue weighted by Gasteiger charge is 2.43. The van der Waals surface area contributed by atoms with Crippen LogP contribution in [0, 0.1) is 5.41 Å². The van der Waals surface area contributed by atoms with Crippen LogP contribution in [-0.2, 0) is 12.0 Å². The number of benzene rings is 1. The molecule has 1 unspecified atom stereocenters. The molecule has 1 aromatic carbocycles. The van der Waals surface area contributed by atoms with E-state index in [0.29, 0.717) is 5.75 Å². The zero-order valence-electron chi connectivity index (χ0n) is 19.5. The molecule has 30 heavy (non-hydrogen) atoms. The summed E-state index contributed by atoms with van der Waals surface area (Å²) in [6.07, 6.45) is 15.1. The van der Waals surface area contributed by atoms with Gasteiger partial charge >= 0.3 is 0 Å². The van der Waals surface area contributed by atoms with E-state index < -0.39 is 5.60 Å². The van der Waals surface area contributed by atoms with Gasteiger partial charge in [-0.2, -0.15) is 0 Å². The summed E-state index contributed by atoms with van der Waals surface area (Å²) in [6, 6.07) is 12.8. The molecular formula is C27H41NOS. The predicted molar refractivity (Wildman–Crippen MR) is 131 cm³/mol. The first-order valence-corrected chi connectivity index (χ1v) is 12.8. The number of aryl methyl sites for hydroxylation is 1. The van der Waals surface area contributed by atoms with E-state index in [1.165, 1.54) is 61.8 Å². The van der Waals surface area contributed by atoms with Crippen molar-refractivity contribution in [1.29, 1.82) is 0 Å². The van der Waals surface area contributed by atoms with E-state index in [1.54, 1.807) is 18.0 Å². The van der Waals surface area contributed by atoms with Crippen LogP contribution in [0.25, 0.3) is 0 Å².